The fraction of sp³-hybridized carbons (Fsp3) is 0.364. The zero-order valence-electron chi connectivity index (χ0n) is 17.6. The fourth-order valence-electron chi connectivity index (χ4n) is 3.15. The summed E-state index contributed by atoms with van der Waals surface area (Å²) < 4.78 is 31.3. The van der Waals surface area contributed by atoms with Gasteiger partial charge in [-0.05, 0) is 49.2 Å². The van der Waals surface area contributed by atoms with Crippen LogP contribution >= 0.6 is 0 Å². The van der Waals surface area contributed by atoms with E-state index in [-0.39, 0.29) is 38.2 Å². The van der Waals surface area contributed by atoms with Gasteiger partial charge in [-0.1, -0.05) is 12.1 Å². The van der Waals surface area contributed by atoms with Crippen LogP contribution in [-0.2, 0) is 9.47 Å². The maximum atomic E-state index is 11.9. The molecule has 31 heavy (non-hydrogen) atoms. The minimum atomic E-state index is -0.815. The Hall–Kier alpha value is -3.62. The third-order valence-electron chi connectivity index (χ3n) is 4.57. The second kappa shape index (κ2) is 10.4. The van der Waals surface area contributed by atoms with Crippen LogP contribution in [0.25, 0.3) is 0 Å². The van der Waals surface area contributed by atoms with Crippen LogP contribution < -0.4 is 24.3 Å². The first kappa shape index (κ1) is 22.1. The Morgan fingerprint density at radius 1 is 0.968 bits per heavy atom. The Kier molecular flexibility index (Phi) is 7.42. The molecule has 9 nitrogen and oxygen atoms in total. The SMILES string of the molecule is CCOC(=O)NCC(c1ccc(OC(=O)OCC)c(OC)c1)c1ccc2c(c1)OCO2. The monoisotopic (exact) mass is 431 g/mol. The van der Waals surface area contributed by atoms with Crippen molar-refractivity contribution in [3.8, 4) is 23.0 Å². The third kappa shape index (κ3) is 5.50. The molecule has 1 atom stereocenters. The van der Waals surface area contributed by atoms with Crippen molar-refractivity contribution in [1.82, 2.24) is 5.32 Å². The number of carbonyl (C=O) groups excluding carboxylic acids is 2. The predicted octanol–water partition coefficient (Wildman–Crippen LogP) is 3.84. The van der Waals surface area contributed by atoms with Crippen molar-refractivity contribution in [2.24, 2.45) is 0 Å². The Morgan fingerprint density at radius 2 is 1.68 bits per heavy atom. The average molecular weight is 431 g/mol. The first-order valence-electron chi connectivity index (χ1n) is 9.88. The van der Waals surface area contributed by atoms with Gasteiger partial charge in [-0.3, -0.25) is 0 Å². The molecule has 1 aliphatic heterocycles. The van der Waals surface area contributed by atoms with Crippen LogP contribution in [0.4, 0.5) is 9.59 Å². The van der Waals surface area contributed by atoms with Gasteiger partial charge in [0.25, 0.3) is 0 Å². The van der Waals surface area contributed by atoms with E-state index in [0.29, 0.717) is 17.2 Å². The molecule has 0 radical (unpaired) electrons. The lowest BCUT2D eigenvalue weighted by molar-refractivity contribution is 0.103. The minimum Gasteiger partial charge on any atom is -0.493 e. The molecule has 0 aliphatic carbocycles. The summed E-state index contributed by atoms with van der Waals surface area (Å²) in [4.78, 5) is 23.6. The van der Waals surface area contributed by atoms with Crippen molar-refractivity contribution < 1.29 is 38.0 Å². The largest absolute Gasteiger partial charge is 0.513 e. The van der Waals surface area contributed by atoms with Crippen molar-refractivity contribution in [1.29, 1.82) is 0 Å². The number of methoxy groups -OCH3 is 1. The first-order chi connectivity index (χ1) is 15.0. The molecule has 1 heterocycles. The van der Waals surface area contributed by atoms with Crippen molar-refractivity contribution in [2.75, 3.05) is 33.7 Å². The molecule has 1 aliphatic rings. The van der Waals surface area contributed by atoms with E-state index in [9.17, 15) is 9.59 Å². The van der Waals surface area contributed by atoms with E-state index >= 15 is 0 Å². The number of hydrogen-bond acceptors (Lipinski definition) is 8. The van der Waals surface area contributed by atoms with Gasteiger partial charge in [-0.15, -0.1) is 0 Å². The van der Waals surface area contributed by atoms with E-state index < -0.39 is 12.2 Å². The Morgan fingerprint density at radius 3 is 2.42 bits per heavy atom. The van der Waals surface area contributed by atoms with Gasteiger partial charge in [0.05, 0.1) is 20.3 Å². The van der Waals surface area contributed by atoms with Crippen LogP contribution in [0.2, 0.25) is 0 Å². The maximum Gasteiger partial charge on any atom is 0.513 e. The molecule has 2 aromatic rings. The molecule has 0 aromatic heterocycles. The number of hydrogen-bond donors (Lipinski definition) is 1. The van der Waals surface area contributed by atoms with Crippen LogP contribution in [0.3, 0.4) is 0 Å². The van der Waals surface area contributed by atoms with E-state index in [4.69, 9.17) is 28.4 Å². The summed E-state index contributed by atoms with van der Waals surface area (Å²) in [6, 6.07) is 10.8. The Bertz CT molecular complexity index is 930. The number of nitrogens with one attached hydrogen (secondary N) is 1. The fourth-order valence-corrected chi connectivity index (χ4v) is 3.15. The van der Waals surface area contributed by atoms with Gasteiger partial charge in [-0.25, -0.2) is 9.59 Å². The van der Waals surface area contributed by atoms with E-state index in [2.05, 4.69) is 5.32 Å². The van der Waals surface area contributed by atoms with Crippen LogP contribution in [0.5, 0.6) is 23.0 Å². The Balaban J connectivity index is 1.90. The lowest BCUT2D eigenvalue weighted by Gasteiger charge is -2.20. The molecule has 9 heteroatoms. The molecule has 0 bridgehead atoms. The third-order valence-corrected chi connectivity index (χ3v) is 4.57. The molecular formula is C22H25NO8. The molecule has 166 valence electrons. The highest BCUT2D eigenvalue weighted by Gasteiger charge is 2.22. The summed E-state index contributed by atoms with van der Waals surface area (Å²) in [5.41, 5.74) is 1.71. The summed E-state index contributed by atoms with van der Waals surface area (Å²) in [6.07, 6.45) is -1.33. The lowest BCUT2D eigenvalue weighted by atomic mass is 9.90. The summed E-state index contributed by atoms with van der Waals surface area (Å²) in [5.74, 6) is 1.62. The number of benzene rings is 2. The Labute approximate surface area is 180 Å². The van der Waals surface area contributed by atoms with Crippen molar-refractivity contribution in [3.05, 3.63) is 47.5 Å². The van der Waals surface area contributed by atoms with E-state index in [1.807, 2.05) is 18.2 Å². The summed E-state index contributed by atoms with van der Waals surface area (Å²) >= 11 is 0. The first-order valence-corrected chi connectivity index (χ1v) is 9.88. The molecule has 3 rings (SSSR count). The number of rotatable bonds is 8. The summed E-state index contributed by atoms with van der Waals surface area (Å²) in [7, 11) is 1.48. The van der Waals surface area contributed by atoms with Crippen molar-refractivity contribution in [2.45, 2.75) is 19.8 Å². The van der Waals surface area contributed by atoms with Gasteiger partial charge in [0.2, 0.25) is 6.79 Å². The topological polar surface area (TPSA) is 102 Å². The highest BCUT2D eigenvalue weighted by Crippen LogP contribution is 2.38. The van der Waals surface area contributed by atoms with Gasteiger partial charge in [-0.2, -0.15) is 0 Å². The van der Waals surface area contributed by atoms with Crippen LogP contribution in [0.15, 0.2) is 36.4 Å². The van der Waals surface area contributed by atoms with Gasteiger partial charge in [0, 0.05) is 12.5 Å². The van der Waals surface area contributed by atoms with E-state index in [0.717, 1.165) is 11.1 Å². The van der Waals surface area contributed by atoms with Gasteiger partial charge in [0.15, 0.2) is 23.0 Å². The predicted molar refractivity (Wildman–Crippen MR) is 110 cm³/mol. The second-order valence-electron chi connectivity index (χ2n) is 6.46. The number of fused-ring (bicyclic) bond motifs is 1. The molecule has 0 spiro atoms. The van der Waals surface area contributed by atoms with E-state index in [1.54, 1.807) is 32.0 Å². The van der Waals surface area contributed by atoms with Crippen LogP contribution in [0, 0.1) is 0 Å². The highest BCUT2D eigenvalue weighted by atomic mass is 16.7. The molecular weight excluding hydrogens is 406 g/mol. The van der Waals surface area contributed by atoms with Crippen molar-refractivity contribution >= 4 is 12.2 Å². The number of alkyl carbamates (subject to hydrolysis) is 1. The van der Waals surface area contributed by atoms with E-state index in [1.165, 1.54) is 7.11 Å². The highest BCUT2D eigenvalue weighted by molar-refractivity contribution is 5.67. The molecule has 1 N–H and O–H groups in total. The normalized spacial score (nSPS) is 12.6. The molecule has 0 saturated heterocycles. The van der Waals surface area contributed by atoms with Crippen LogP contribution in [0.1, 0.15) is 30.9 Å². The summed E-state index contributed by atoms with van der Waals surface area (Å²) in [5, 5.41) is 2.77. The van der Waals surface area contributed by atoms with Gasteiger partial charge < -0.3 is 33.7 Å². The zero-order chi connectivity index (χ0) is 22.2. The quantitative estimate of drug-likeness (QED) is 0.497. The van der Waals surface area contributed by atoms with Gasteiger partial charge in [0.1, 0.15) is 0 Å². The smallest absolute Gasteiger partial charge is 0.493 e. The molecule has 0 fully saturated rings. The standard InChI is InChI=1S/C22H25NO8/c1-4-27-21(24)23-12-16(15-6-8-17-20(11-15)30-13-29-17)14-7-9-18(19(10-14)26-3)31-22(25)28-5-2/h6-11,16H,4-5,12-13H2,1-3H3,(H,23,24). The second-order valence-corrected chi connectivity index (χ2v) is 6.46. The molecule has 1 unspecified atom stereocenters. The molecule has 1 amide bonds. The average Bonchev–Trinajstić information content (AvgIpc) is 3.23. The number of amides is 1. The number of ether oxygens (including phenoxy) is 6. The molecule has 2 aromatic carbocycles. The van der Waals surface area contributed by atoms with Crippen molar-refractivity contribution in [3.63, 3.8) is 0 Å². The van der Waals surface area contributed by atoms with Gasteiger partial charge >= 0.3 is 12.2 Å². The zero-order valence-corrected chi connectivity index (χ0v) is 17.6. The number of carbonyl (C=O) groups is 2. The minimum absolute atomic E-state index is 0.165. The van der Waals surface area contributed by atoms with Crippen LogP contribution in [-0.4, -0.2) is 45.9 Å². The lowest BCUT2D eigenvalue weighted by Crippen LogP contribution is -2.29. The summed E-state index contributed by atoms with van der Waals surface area (Å²) in [6.45, 7) is 4.33. The molecule has 0 saturated carbocycles. The maximum absolute atomic E-state index is 11.9.